The standard InChI is InChI=1S/C15H15F2NO2/c16-15(17)13(19)9-18-14(20)8-11-6-3-5-10-4-1-2-7-12(10)11/h1-7,13,15,19H,8-9H2,(H,18,20). The average Bonchev–Trinajstić information content (AvgIpc) is 2.45. The SMILES string of the molecule is O=C(Cc1cccc2ccccc12)NCC(O)C(F)F. The van der Waals surface area contributed by atoms with Gasteiger partial charge in [0.1, 0.15) is 6.10 Å². The molecule has 0 heterocycles. The molecule has 0 bridgehead atoms. The summed E-state index contributed by atoms with van der Waals surface area (Å²) in [5.41, 5.74) is 0.826. The van der Waals surface area contributed by atoms with Gasteiger partial charge in [-0.15, -0.1) is 0 Å². The lowest BCUT2D eigenvalue weighted by atomic mass is 10.0. The van der Waals surface area contributed by atoms with E-state index >= 15 is 0 Å². The lowest BCUT2D eigenvalue weighted by Gasteiger charge is -2.11. The minimum absolute atomic E-state index is 0.0946. The molecule has 0 spiro atoms. The molecular formula is C15H15F2NO2. The van der Waals surface area contributed by atoms with Gasteiger partial charge in [-0.2, -0.15) is 0 Å². The van der Waals surface area contributed by atoms with E-state index in [4.69, 9.17) is 5.11 Å². The number of rotatable bonds is 5. The van der Waals surface area contributed by atoms with Gasteiger partial charge in [-0.05, 0) is 16.3 Å². The minimum Gasteiger partial charge on any atom is -0.385 e. The van der Waals surface area contributed by atoms with Gasteiger partial charge in [0, 0.05) is 6.54 Å². The molecule has 0 saturated heterocycles. The Labute approximate surface area is 115 Å². The summed E-state index contributed by atoms with van der Waals surface area (Å²) in [6, 6.07) is 13.3. The minimum atomic E-state index is -2.85. The Morgan fingerprint density at radius 2 is 1.85 bits per heavy atom. The second-order valence-corrected chi connectivity index (χ2v) is 4.52. The molecule has 1 unspecified atom stereocenters. The molecule has 3 nitrogen and oxygen atoms in total. The van der Waals surface area contributed by atoms with Crippen molar-refractivity contribution in [3.8, 4) is 0 Å². The smallest absolute Gasteiger partial charge is 0.265 e. The van der Waals surface area contributed by atoms with Crippen molar-refractivity contribution in [3.63, 3.8) is 0 Å². The zero-order valence-corrected chi connectivity index (χ0v) is 10.7. The lowest BCUT2D eigenvalue weighted by molar-refractivity contribution is -0.121. The number of hydrogen-bond donors (Lipinski definition) is 2. The van der Waals surface area contributed by atoms with Gasteiger partial charge in [0.05, 0.1) is 6.42 Å². The fourth-order valence-electron chi connectivity index (χ4n) is 1.99. The van der Waals surface area contributed by atoms with Crippen molar-refractivity contribution in [2.24, 2.45) is 0 Å². The highest BCUT2D eigenvalue weighted by Crippen LogP contribution is 2.18. The Hall–Kier alpha value is -2.01. The number of alkyl halides is 2. The van der Waals surface area contributed by atoms with Crippen LogP contribution in [0.3, 0.4) is 0 Å². The number of aliphatic hydroxyl groups excluding tert-OH is 1. The summed E-state index contributed by atoms with van der Waals surface area (Å²) in [6.07, 6.45) is -4.59. The van der Waals surface area contributed by atoms with E-state index in [9.17, 15) is 13.6 Å². The highest BCUT2D eigenvalue weighted by molar-refractivity contribution is 5.90. The Morgan fingerprint density at radius 3 is 2.60 bits per heavy atom. The van der Waals surface area contributed by atoms with E-state index in [2.05, 4.69) is 5.32 Å². The molecule has 2 N–H and O–H groups in total. The number of benzene rings is 2. The molecule has 0 fully saturated rings. The first-order chi connectivity index (χ1) is 9.58. The van der Waals surface area contributed by atoms with Crippen LogP contribution in [-0.2, 0) is 11.2 Å². The van der Waals surface area contributed by atoms with Gasteiger partial charge in [0.25, 0.3) is 6.43 Å². The number of carbonyl (C=O) groups excluding carboxylic acids is 1. The van der Waals surface area contributed by atoms with Crippen LogP contribution in [0.5, 0.6) is 0 Å². The average molecular weight is 279 g/mol. The molecule has 2 aromatic rings. The molecule has 0 aromatic heterocycles. The molecule has 5 heteroatoms. The predicted octanol–water partition coefficient (Wildman–Crippen LogP) is 2.12. The molecule has 0 radical (unpaired) electrons. The van der Waals surface area contributed by atoms with Crippen LogP contribution in [0, 0.1) is 0 Å². The van der Waals surface area contributed by atoms with Gasteiger partial charge in [0.2, 0.25) is 5.91 Å². The van der Waals surface area contributed by atoms with Gasteiger partial charge in [-0.3, -0.25) is 4.79 Å². The lowest BCUT2D eigenvalue weighted by Crippen LogP contribution is -2.36. The predicted molar refractivity (Wildman–Crippen MR) is 72.7 cm³/mol. The van der Waals surface area contributed by atoms with E-state index in [1.54, 1.807) is 0 Å². The van der Waals surface area contributed by atoms with Gasteiger partial charge >= 0.3 is 0 Å². The molecule has 2 rings (SSSR count). The maximum atomic E-state index is 12.1. The summed E-state index contributed by atoms with van der Waals surface area (Å²) in [7, 11) is 0. The first-order valence-corrected chi connectivity index (χ1v) is 6.27. The summed E-state index contributed by atoms with van der Waals surface area (Å²) in [4.78, 5) is 11.7. The number of nitrogens with one attached hydrogen (secondary N) is 1. The maximum Gasteiger partial charge on any atom is 0.265 e. The monoisotopic (exact) mass is 279 g/mol. The summed E-state index contributed by atoms with van der Waals surface area (Å²) in [5, 5.41) is 13.2. The zero-order valence-electron chi connectivity index (χ0n) is 10.7. The Morgan fingerprint density at radius 1 is 1.15 bits per heavy atom. The van der Waals surface area contributed by atoms with Crippen LogP contribution in [-0.4, -0.2) is 30.1 Å². The van der Waals surface area contributed by atoms with Crippen LogP contribution in [0.1, 0.15) is 5.56 Å². The third-order valence-corrected chi connectivity index (χ3v) is 3.03. The number of carbonyl (C=O) groups is 1. The van der Waals surface area contributed by atoms with Crippen LogP contribution in [0.4, 0.5) is 8.78 Å². The van der Waals surface area contributed by atoms with Crippen LogP contribution in [0.25, 0.3) is 10.8 Å². The first-order valence-electron chi connectivity index (χ1n) is 6.27. The molecule has 1 atom stereocenters. The van der Waals surface area contributed by atoms with Gasteiger partial charge in [0.15, 0.2) is 0 Å². The number of aliphatic hydroxyl groups is 1. The normalized spacial score (nSPS) is 12.6. The van der Waals surface area contributed by atoms with E-state index in [0.717, 1.165) is 16.3 Å². The van der Waals surface area contributed by atoms with Crippen LogP contribution >= 0.6 is 0 Å². The summed E-state index contributed by atoms with van der Waals surface area (Å²) in [6.45, 7) is -0.443. The Balaban J connectivity index is 2.03. The van der Waals surface area contributed by atoms with Crippen molar-refractivity contribution in [2.45, 2.75) is 19.0 Å². The first kappa shape index (κ1) is 14.4. The summed E-state index contributed by atoms with van der Waals surface area (Å²) >= 11 is 0. The third kappa shape index (κ3) is 3.51. The topological polar surface area (TPSA) is 49.3 Å². The maximum absolute atomic E-state index is 12.1. The summed E-state index contributed by atoms with van der Waals surface area (Å²) < 4.78 is 24.2. The van der Waals surface area contributed by atoms with Crippen LogP contribution < -0.4 is 5.32 Å². The highest BCUT2D eigenvalue weighted by atomic mass is 19.3. The van der Waals surface area contributed by atoms with Gasteiger partial charge in [-0.1, -0.05) is 42.5 Å². The second kappa shape index (κ2) is 6.43. The van der Waals surface area contributed by atoms with Crippen molar-refractivity contribution < 1.29 is 18.7 Å². The van der Waals surface area contributed by atoms with E-state index in [1.165, 1.54) is 0 Å². The molecule has 106 valence electrons. The second-order valence-electron chi connectivity index (χ2n) is 4.52. The molecule has 1 amide bonds. The van der Waals surface area contributed by atoms with Crippen molar-refractivity contribution >= 4 is 16.7 Å². The Bertz CT molecular complexity index is 596. The fraction of sp³-hybridized carbons (Fsp3) is 0.267. The molecule has 2 aromatic carbocycles. The van der Waals surface area contributed by atoms with Crippen molar-refractivity contribution in [1.29, 1.82) is 0 Å². The highest BCUT2D eigenvalue weighted by Gasteiger charge is 2.17. The quantitative estimate of drug-likeness (QED) is 0.881. The fourth-order valence-corrected chi connectivity index (χ4v) is 1.99. The zero-order chi connectivity index (χ0) is 14.5. The van der Waals surface area contributed by atoms with Gasteiger partial charge in [-0.25, -0.2) is 8.78 Å². The number of halogens is 2. The third-order valence-electron chi connectivity index (χ3n) is 3.03. The molecule has 0 aliphatic heterocycles. The van der Waals surface area contributed by atoms with Gasteiger partial charge < -0.3 is 10.4 Å². The van der Waals surface area contributed by atoms with Crippen molar-refractivity contribution in [2.75, 3.05) is 6.54 Å². The van der Waals surface area contributed by atoms with Crippen molar-refractivity contribution in [3.05, 3.63) is 48.0 Å². The van der Waals surface area contributed by atoms with E-state index in [-0.39, 0.29) is 12.3 Å². The van der Waals surface area contributed by atoms with E-state index < -0.39 is 19.1 Å². The molecule has 0 aliphatic rings. The summed E-state index contributed by atoms with van der Waals surface area (Å²) in [5.74, 6) is -0.388. The molecule has 0 aliphatic carbocycles. The van der Waals surface area contributed by atoms with Crippen LogP contribution in [0.15, 0.2) is 42.5 Å². The van der Waals surface area contributed by atoms with E-state index in [0.29, 0.717) is 0 Å². The largest absolute Gasteiger partial charge is 0.385 e. The van der Waals surface area contributed by atoms with Crippen LogP contribution in [0.2, 0.25) is 0 Å². The molecular weight excluding hydrogens is 264 g/mol. The molecule has 20 heavy (non-hydrogen) atoms. The number of fused-ring (bicyclic) bond motifs is 1. The molecule has 0 saturated carbocycles. The van der Waals surface area contributed by atoms with E-state index in [1.807, 2.05) is 42.5 Å². The number of hydrogen-bond acceptors (Lipinski definition) is 2. The Kier molecular flexibility index (Phi) is 4.63. The number of amides is 1. The van der Waals surface area contributed by atoms with Crippen molar-refractivity contribution in [1.82, 2.24) is 5.32 Å².